The summed E-state index contributed by atoms with van der Waals surface area (Å²) in [6.45, 7) is 6.48. The van der Waals surface area contributed by atoms with Gasteiger partial charge in [0.1, 0.15) is 0 Å². The molecule has 0 amide bonds. The minimum absolute atomic E-state index is 0.151. The number of rotatable bonds is 3. The van der Waals surface area contributed by atoms with E-state index in [0.717, 1.165) is 29.4 Å². The van der Waals surface area contributed by atoms with E-state index in [-0.39, 0.29) is 5.43 Å². The van der Waals surface area contributed by atoms with Crippen LogP contribution in [0.5, 0.6) is 0 Å². The zero-order chi connectivity index (χ0) is 11.5. The lowest BCUT2D eigenvalue weighted by molar-refractivity contribution is 0.837. The second-order valence-electron chi connectivity index (χ2n) is 3.80. The van der Waals surface area contributed by atoms with Crippen molar-refractivity contribution in [3.05, 3.63) is 58.9 Å². The Morgan fingerprint density at radius 1 is 1.38 bits per heavy atom. The van der Waals surface area contributed by atoms with Crippen molar-refractivity contribution >= 4 is 10.9 Å². The lowest BCUT2D eigenvalue weighted by Crippen LogP contribution is -2.13. The molecule has 0 saturated heterocycles. The third kappa shape index (κ3) is 1.67. The van der Waals surface area contributed by atoms with E-state index < -0.39 is 0 Å². The second-order valence-corrected chi connectivity index (χ2v) is 3.80. The van der Waals surface area contributed by atoms with Crippen LogP contribution in [-0.4, -0.2) is 4.57 Å². The minimum Gasteiger partial charge on any atom is -0.343 e. The molecule has 0 fully saturated rings. The van der Waals surface area contributed by atoms with Crippen molar-refractivity contribution in [3.8, 4) is 0 Å². The van der Waals surface area contributed by atoms with Crippen LogP contribution >= 0.6 is 0 Å². The van der Waals surface area contributed by atoms with Gasteiger partial charge in [0.2, 0.25) is 0 Å². The number of para-hydroxylation sites is 1. The van der Waals surface area contributed by atoms with Crippen molar-refractivity contribution in [2.24, 2.45) is 0 Å². The molecule has 0 radical (unpaired) electrons. The van der Waals surface area contributed by atoms with Crippen molar-refractivity contribution in [2.45, 2.75) is 19.9 Å². The van der Waals surface area contributed by atoms with Crippen molar-refractivity contribution in [2.75, 3.05) is 0 Å². The number of benzene rings is 1. The minimum atomic E-state index is 0.151. The van der Waals surface area contributed by atoms with Crippen LogP contribution in [0.1, 0.15) is 12.5 Å². The van der Waals surface area contributed by atoms with Crippen molar-refractivity contribution < 1.29 is 0 Å². The van der Waals surface area contributed by atoms with Crippen LogP contribution in [0.25, 0.3) is 10.9 Å². The van der Waals surface area contributed by atoms with E-state index in [1.54, 1.807) is 0 Å². The molecule has 82 valence electrons. The molecule has 16 heavy (non-hydrogen) atoms. The van der Waals surface area contributed by atoms with E-state index in [1.165, 1.54) is 0 Å². The number of hydrogen-bond acceptors (Lipinski definition) is 1. The highest BCUT2D eigenvalue weighted by Crippen LogP contribution is 2.11. The van der Waals surface area contributed by atoms with Crippen LogP contribution < -0.4 is 5.43 Å². The monoisotopic (exact) mass is 213 g/mol. The van der Waals surface area contributed by atoms with Crippen molar-refractivity contribution in [1.29, 1.82) is 0 Å². The number of hydrogen-bond donors (Lipinski definition) is 0. The Bertz CT molecular complexity index is 581. The summed E-state index contributed by atoms with van der Waals surface area (Å²) in [5.74, 6) is 0. The molecule has 1 aromatic heterocycles. The van der Waals surface area contributed by atoms with Gasteiger partial charge in [-0.3, -0.25) is 4.79 Å². The number of fused-ring (bicyclic) bond motifs is 1. The van der Waals surface area contributed by atoms with Crippen LogP contribution in [-0.2, 0) is 13.0 Å². The molecule has 2 rings (SSSR count). The first-order valence-electron chi connectivity index (χ1n) is 5.50. The summed E-state index contributed by atoms with van der Waals surface area (Å²) in [7, 11) is 0. The third-order valence-corrected chi connectivity index (χ3v) is 2.77. The maximum Gasteiger partial charge on any atom is 0.192 e. The fourth-order valence-electron chi connectivity index (χ4n) is 1.95. The van der Waals surface area contributed by atoms with Gasteiger partial charge in [0, 0.05) is 23.7 Å². The Kier molecular flexibility index (Phi) is 2.91. The zero-order valence-corrected chi connectivity index (χ0v) is 9.44. The van der Waals surface area contributed by atoms with E-state index in [1.807, 2.05) is 43.5 Å². The SMILES string of the molecule is C=CCn1cc(CC)c(=O)c2ccccc21. The van der Waals surface area contributed by atoms with Gasteiger partial charge >= 0.3 is 0 Å². The summed E-state index contributed by atoms with van der Waals surface area (Å²) in [6.07, 6.45) is 4.55. The molecular formula is C14H15NO. The lowest BCUT2D eigenvalue weighted by Gasteiger charge is -2.10. The Morgan fingerprint density at radius 3 is 2.81 bits per heavy atom. The Hall–Kier alpha value is -1.83. The summed E-state index contributed by atoms with van der Waals surface area (Å²) >= 11 is 0. The van der Waals surface area contributed by atoms with Gasteiger partial charge in [-0.25, -0.2) is 0 Å². The van der Waals surface area contributed by atoms with Gasteiger partial charge < -0.3 is 4.57 Å². The standard InChI is InChI=1S/C14H15NO/c1-3-9-15-10-11(4-2)14(16)12-7-5-6-8-13(12)15/h3,5-8,10H,1,4,9H2,2H3. The Labute approximate surface area is 94.8 Å². The van der Waals surface area contributed by atoms with Gasteiger partial charge in [-0.2, -0.15) is 0 Å². The van der Waals surface area contributed by atoms with Crippen molar-refractivity contribution in [1.82, 2.24) is 4.57 Å². The molecule has 0 aliphatic carbocycles. The maximum atomic E-state index is 12.1. The topological polar surface area (TPSA) is 22.0 Å². The van der Waals surface area contributed by atoms with E-state index in [4.69, 9.17) is 0 Å². The Morgan fingerprint density at radius 2 is 2.12 bits per heavy atom. The van der Waals surface area contributed by atoms with Crippen LogP contribution in [0.15, 0.2) is 47.9 Å². The summed E-state index contributed by atoms with van der Waals surface area (Å²) in [6, 6.07) is 7.71. The average Bonchev–Trinajstić information content (AvgIpc) is 2.33. The van der Waals surface area contributed by atoms with E-state index in [9.17, 15) is 4.79 Å². The van der Waals surface area contributed by atoms with E-state index >= 15 is 0 Å². The molecule has 2 nitrogen and oxygen atoms in total. The normalized spacial score (nSPS) is 10.6. The van der Waals surface area contributed by atoms with E-state index in [0.29, 0.717) is 0 Å². The zero-order valence-electron chi connectivity index (χ0n) is 9.44. The number of pyridine rings is 1. The molecule has 1 aromatic carbocycles. The van der Waals surface area contributed by atoms with E-state index in [2.05, 4.69) is 11.1 Å². The van der Waals surface area contributed by atoms with Crippen LogP contribution in [0.2, 0.25) is 0 Å². The number of aryl methyl sites for hydroxylation is 1. The number of aromatic nitrogens is 1. The highest BCUT2D eigenvalue weighted by molar-refractivity contribution is 5.79. The van der Waals surface area contributed by atoms with Gasteiger partial charge in [0.25, 0.3) is 0 Å². The molecule has 0 spiro atoms. The highest BCUT2D eigenvalue weighted by atomic mass is 16.1. The fourth-order valence-corrected chi connectivity index (χ4v) is 1.95. The van der Waals surface area contributed by atoms with Gasteiger partial charge in [0.05, 0.1) is 5.52 Å². The molecule has 0 bridgehead atoms. The molecule has 0 aliphatic rings. The summed E-state index contributed by atoms with van der Waals surface area (Å²) in [5, 5.41) is 0.795. The van der Waals surface area contributed by atoms with Gasteiger partial charge in [0.15, 0.2) is 5.43 Å². The first-order chi connectivity index (χ1) is 7.77. The molecular weight excluding hydrogens is 198 g/mol. The molecule has 0 atom stereocenters. The Balaban J connectivity index is 2.84. The molecule has 0 unspecified atom stereocenters. The quantitative estimate of drug-likeness (QED) is 0.718. The first-order valence-corrected chi connectivity index (χ1v) is 5.50. The molecule has 0 saturated carbocycles. The summed E-state index contributed by atoms with van der Waals surface area (Å²) in [4.78, 5) is 12.1. The predicted molar refractivity (Wildman–Crippen MR) is 67.8 cm³/mol. The number of allylic oxidation sites excluding steroid dienone is 1. The van der Waals surface area contributed by atoms with Crippen LogP contribution in [0.3, 0.4) is 0 Å². The maximum absolute atomic E-state index is 12.1. The molecule has 1 heterocycles. The molecule has 0 N–H and O–H groups in total. The van der Waals surface area contributed by atoms with Crippen LogP contribution in [0.4, 0.5) is 0 Å². The highest BCUT2D eigenvalue weighted by Gasteiger charge is 2.05. The van der Waals surface area contributed by atoms with Gasteiger partial charge in [-0.1, -0.05) is 25.1 Å². The molecule has 0 aliphatic heterocycles. The van der Waals surface area contributed by atoms with Crippen LogP contribution in [0, 0.1) is 0 Å². The fraction of sp³-hybridized carbons (Fsp3) is 0.214. The lowest BCUT2D eigenvalue weighted by atomic mass is 10.1. The smallest absolute Gasteiger partial charge is 0.192 e. The van der Waals surface area contributed by atoms with Gasteiger partial charge in [-0.05, 0) is 18.6 Å². The molecule has 2 heteroatoms. The predicted octanol–water partition coefficient (Wildman–Crippen LogP) is 2.75. The second kappa shape index (κ2) is 4.35. The largest absolute Gasteiger partial charge is 0.343 e. The summed E-state index contributed by atoms with van der Waals surface area (Å²) in [5.41, 5.74) is 1.99. The summed E-state index contributed by atoms with van der Waals surface area (Å²) < 4.78 is 2.07. The molecule has 2 aromatic rings. The third-order valence-electron chi connectivity index (χ3n) is 2.77. The first kappa shape index (κ1) is 10.7. The average molecular weight is 213 g/mol. The number of nitrogens with zero attached hydrogens (tertiary/aromatic N) is 1. The van der Waals surface area contributed by atoms with Gasteiger partial charge in [-0.15, -0.1) is 6.58 Å². The van der Waals surface area contributed by atoms with Crippen molar-refractivity contribution in [3.63, 3.8) is 0 Å².